The molecule has 130 valence electrons. The maximum atomic E-state index is 13.7. The molecule has 7 heteroatoms. The normalized spacial score (nSPS) is 12.3. The van der Waals surface area contributed by atoms with Gasteiger partial charge in [0.2, 0.25) is 0 Å². The fraction of sp³-hybridized carbons (Fsp3) is 0.353. The Labute approximate surface area is 146 Å². The van der Waals surface area contributed by atoms with Crippen molar-refractivity contribution >= 4 is 29.4 Å². The lowest BCUT2D eigenvalue weighted by molar-refractivity contribution is 0.0713. The van der Waals surface area contributed by atoms with Crippen LogP contribution in [0.3, 0.4) is 0 Å². The van der Waals surface area contributed by atoms with Crippen LogP contribution in [-0.2, 0) is 0 Å². The van der Waals surface area contributed by atoms with Crippen molar-refractivity contribution in [3.8, 4) is 5.75 Å². The molecule has 1 aromatic rings. The number of carbonyl (C=O) groups is 1. The van der Waals surface area contributed by atoms with E-state index >= 15 is 0 Å². The smallest absolute Gasteiger partial charge is 0.257 e. The van der Waals surface area contributed by atoms with Crippen molar-refractivity contribution < 1.29 is 13.9 Å². The van der Waals surface area contributed by atoms with Crippen molar-refractivity contribution in [2.75, 3.05) is 13.6 Å². The van der Waals surface area contributed by atoms with Gasteiger partial charge in [0.25, 0.3) is 5.91 Å². The summed E-state index contributed by atoms with van der Waals surface area (Å²) in [6, 6.07) is 3.67. The summed E-state index contributed by atoms with van der Waals surface area (Å²) < 4.78 is 19.3. The van der Waals surface area contributed by atoms with E-state index in [-0.39, 0.29) is 34.2 Å². The van der Waals surface area contributed by atoms with Crippen LogP contribution >= 0.6 is 11.6 Å². The third-order valence-electron chi connectivity index (χ3n) is 3.23. The van der Waals surface area contributed by atoms with Gasteiger partial charge in [0.1, 0.15) is 11.6 Å². The number of nitrogens with zero attached hydrogens (tertiary/aromatic N) is 3. The number of aliphatic imine (C=N–C) groups is 2. The van der Waals surface area contributed by atoms with Crippen LogP contribution in [0, 0.1) is 5.82 Å². The summed E-state index contributed by atoms with van der Waals surface area (Å²) in [5.74, 6) is -0.592. The fourth-order valence-electron chi connectivity index (χ4n) is 2.09. The van der Waals surface area contributed by atoms with Crippen LogP contribution in [0.4, 0.5) is 4.39 Å². The van der Waals surface area contributed by atoms with Gasteiger partial charge in [-0.1, -0.05) is 11.6 Å². The van der Waals surface area contributed by atoms with Crippen LogP contribution in [0.1, 0.15) is 31.1 Å². The lowest BCUT2D eigenvalue weighted by Crippen LogP contribution is -2.37. The Kier molecular flexibility index (Phi) is 7.58. The van der Waals surface area contributed by atoms with Crippen LogP contribution in [0.25, 0.3) is 0 Å². The Morgan fingerprint density at radius 3 is 2.67 bits per heavy atom. The highest BCUT2D eigenvalue weighted by Crippen LogP contribution is 2.25. The highest BCUT2D eigenvalue weighted by atomic mass is 35.5. The van der Waals surface area contributed by atoms with Gasteiger partial charge in [0.05, 0.1) is 11.8 Å². The lowest BCUT2D eigenvalue weighted by atomic mass is 10.1. The Balaban J connectivity index is 3.33. The van der Waals surface area contributed by atoms with Gasteiger partial charge in [-0.05, 0) is 45.7 Å². The molecule has 1 rings (SSSR count). The monoisotopic (exact) mass is 353 g/mol. The SMILES string of the molecule is C=N/C=C(Oc1ccc(F)cc1C(=O)N(CC)C(C)C)\C(Cl)=N/C. The molecule has 0 fully saturated rings. The zero-order valence-corrected chi connectivity index (χ0v) is 15.0. The van der Waals surface area contributed by atoms with E-state index in [9.17, 15) is 9.18 Å². The molecule has 0 saturated heterocycles. The van der Waals surface area contributed by atoms with Crippen molar-refractivity contribution in [3.05, 3.63) is 41.5 Å². The van der Waals surface area contributed by atoms with E-state index in [1.807, 2.05) is 20.8 Å². The number of halogens is 2. The number of amides is 1. The molecule has 0 saturated carbocycles. The van der Waals surface area contributed by atoms with Crippen molar-refractivity contribution in [1.82, 2.24) is 4.90 Å². The molecule has 24 heavy (non-hydrogen) atoms. The molecule has 0 atom stereocenters. The van der Waals surface area contributed by atoms with Gasteiger partial charge in [0.15, 0.2) is 10.9 Å². The summed E-state index contributed by atoms with van der Waals surface area (Å²) in [5.41, 5.74) is 0.0982. The maximum Gasteiger partial charge on any atom is 0.257 e. The van der Waals surface area contributed by atoms with E-state index in [1.54, 1.807) is 4.90 Å². The second-order valence-electron chi connectivity index (χ2n) is 5.12. The van der Waals surface area contributed by atoms with Crippen molar-refractivity contribution in [2.24, 2.45) is 9.98 Å². The second-order valence-corrected chi connectivity index (χ2v) is 5.48. The van der Waals surface area contributed by atoms with Gasteiger partial charge in [-0.2, -0.15) is 0 Å². The molecule has 0 heterocycles. The number of benzene rings is 1. The van der Waals surface area contributed by atoms with Crippen molar-refractivity contribution in [2.45, 2.75) is 26.8 Å². The predicted octanol–water partition coefficient (Wildman–Crippen LogP) is 3.88. The first-order valence-electron chi connectivity index (χ1n) is 7.42. The van der Waals surface area contributed by atoms with Crippen LogP contribution in [0.2, 0.25) is 0 Å². The molecule has 5 nitrogen and oxygen atoms in total. The molecular formula is C17H21ClFN3O2. The standard InChI is InChI=1S/C17H21ClFN3O2/c1-6-22(11(2)3)17(23)13-9-12(19)7-8-14(13)24-15(10-20-4)16(18)21-5/h7-11H,4,6H2,1-3,5H3/b15-10+,21-16+. The van der Waals surface area contributed by atoms with Crippen LogP contribution in [0.15, 0.2) is 40.1 Å². The average molecular weight is 354 g/mol. The van der Waals surface area contributed by atoms with Crippen LogP contribution in [0.5, 0.6) is 5.75 Å². The van der Waals surface area contributed by atoms with Gasteiger partial charge >= 0.3 is 0 Å². The Bertz CT molecular complexity index is 672. The average Bonchev–Trinajstić information content (AvgIpc) is 2.55. The van der Waals surface area contributed by atoms with Gasteiger partial charge < -0.3 is 9.64 Å². The van der Waals surface area contributed by atoms with E-state index in [2.05, 4.69) is 16.7 Å². The first kappa shape index (κ1) is 19.8. The number of hydrogen-bond acceptors (Lipinski definition) is 4. The largest absolute Gasteiger partial charge is 0.452 e. The Morgan fingerprint density at radius 2 is 2.17 bits per heavy atom. The minimum absolute atomic E-state index is 0.0377. The predicted molar refractivity (Wildman–Crippen MR) is 95.7 cm³/mol. The van der Waals surface area contributed by atoms with E-state index < -0.39 is 5.82 Å². The molecule has 0 unspecified atom stereocenters. The molecule has 0 aliphatic carbocycles. The van der Waals surface area contributed by atoms with Crippen molar-refractivity contribution in [3.63, 3.8) is 0 Å². The first-order valence-corrected chi connectivity index (χ1v) is 7.80. The molecule has 0 radical (unpaired) electrons. The molecule has 1 aromatic carbocycles. The minimum atomic E-state index is -0.534. The molecule has 1 amide bonds. The molecule has 0 aromatic heterocycles. The van der Waals surface area contributed by atoms with E-state index in [0.717, 1.165) is 6.07 Å². The third-order valence-corrected chi connectivity index (χ3v) is 3.58. The number of ether oxygens (including phenoxy) is 1. The summed E-state index contributed by atoms with van der Waals surface area (Å²) in [4.78, 5) is 21.7. The number of hydrogen-bond donors (Lipinski definition) is 0. The van der Waals surface area contributed by atoms with E-state index in [0.29, 0.717) is 6.54 Å². The summed E-state index contributed by atoms with van der Waals surface area (Å²) >= 11 is 5.96. The number of rotatable bonds is 7. The summed E-state index contributed by atoms with van der Waals surface area (Å²) in [7, 11) is 1.48. The Morgan fingerprint density at radius 1 is 1.50 bits per heavy atom. The lowest BCUT2D eigenvalue weighted by Gasteiger charge is -2.26. The zero-order valence-electron chi connectivity index (χ0n) is 14.2. The molecule has 0 spiro atoms. The Hall–Kier alpha value is -2.21. The van der Waals surface area contributed by atoms with Gasteiger partial charge in [0, 0.05) is 19.6 Å². The first-order chi connectivity index (χ1) is 11.3. The molecule has 0 bridgehead atoms. The quantitative estimate of drug-likeness (QED) is 0.551. The van der Waals surface area contributed by atoms with E-state index in [4.69, 9.17) is 16.3 Å². The highest BCUT2D eigenvalue weighted by Gasteiger charge is 2.22. The fourth-order valence-corrected chi connectivity index (χ4v) is 2.18. The topological polar surface area (TPSA) is 54.3 Å². The number of allylic oxidation sites excluding steroid dienone is 1. The summed E-state index contributed by atoms with van der Waals surface area (Å²) in [5, 5.41) is 0.0568. The summed E-state index contributed by atoms with van der Waals surface area (Å²) in [6.45, 7) is 9.45. The zero-order chi connectivity index (χ0) is 18.3. The third kappa shape index (κ3) is 4.89. The maximum absolute atomic E-state index is 13.7. The number of carbonyl (C=O) groups excluding carboxylic acids is 1. The van der Waals surface area contributed by atoms with Gasteiger partial charge in [-0.3, -0.25) is 14.8 Å². The minimum Gasteiger partial charge on any atom is -0.452 e. The molecular weight excluding hydrogens is 333 g/mol. The van der Waals surface area contributed by atoms with Crippen LogP contribution in [-0.4, -0.2) is 42.3 Å². The van der Waals surface area contributed by atoms with Crippen molar-refractivity contribution in [1.29, 1.82) is 0 Å². The highest BCUT2D eigenvalue weighted by molar-refractivity contribution is 6.69. The van der Waals surface area contributed by atoms with Gasteiger partial charge in [-0.25, -0.2) is 4.39 Å². The van der Waals surface area contributed by atoms with E-state index in [1.165, 1.54) is 25.4 Å². The summed E-state index contributed by atoms with van der Waals surface area (Å²) in [6.07, 6.45) is 1.27. The van der Waals surface area contributed by atoms with Gasteiger partial charge in [-0.15, -0.1) is 0 Å². The second kappa shape index (κ2) is 9.17. The molecule has 0 aliphatic rings. The van der Waals surface area contributed by atoms with Crippen LogP contribution < -0.4 is 4.74 Å². The molecule has 0 N–H and O–H groups in total. The molecule has 0 aliphatic heterocycles.